The lowest BCUT2D eigenvalue weighted by atomic mass is 10.2. The first-order valence-corrected chi connectivity index (χ1v) is 6.67. The molecule has 2 N–H and O–H groups in total. The van der Waals surface area contributed by atoms with Gasteiger partial charge in [-0.1, -0.05) is 30.7 Å². The fourth-order valence-electron chi connectivity index (χ4n) is 2.24. The molecule has 1 aromatic carbocycles. The Morgan fingerprint density at radius 3 is 2.47 bits per heavy atom. The maximum absolute atomic E-state index is 6.15. The van der Waals surface area contributed by atoms with Crippen LogP contribution >= 0.6 is 11.6 Å². The molecule has 1 heterocycles. The van der Waals surface area contributed by atoms with Crippen LogP contribution in [0.25, 0.3) is 0 Å². The fraction of sp³-hybridized carbons (Fsp3) is 0.357. The van der Waals surface area contributed by atoms with Gasteiger partial charge in [0.25, 0.3) is 0 Å². The van der Waals surface area contributed by atoms with Gasteiger partial charge in [0.05, 0.1) is 11.4 Å². The molecule has 2 aromatic rings. The van der Waals surface area contributed by atoms with Crippen LogP contribution in [0.3, 0.4) is 0 Å². The highest BCUT2D eigenvalue weighted by molar-refractivity contribution is 6.30. The Labute approximate surface area is 118 Å². The number of rotatable bonds is 4. The van der Waals surface area contributed by atoms with Crippen molar-refractivity contribution in [1.82, 2.24) is 9.78 Å². The van der Waals surface area contributed by atoms with Gasteiger partial charge in [0.15, 0.2) is 0 Å². The number of benzene rings is 1. The molecule has 0 saturated heterocycles. The van der Waals surface area contributed by atoms with E-state index in [1.807, 2.05) is 43.0 Å². The zero-order chi connectivity index (χ0) is 14.0. The quantitative estimate of drug-likeness (QED) is 0.935. The molecule has 0 bridgehead atoms. The number of hydrogen-bond donors (Lipinski definition) is 1. The number of aryl methyl sites for hydroxylation is 2. The highest BCUT2D eigenvalue weighted by Gasteiger charge is 2.15. The number of halogens is 1. The van der Waals surface area contributed by atoms with Gasteiger partial charge in [-0.05, 0) is 24.1 Å². The molecule has 2 rings (SSSR count). The molecule has 4 nitrogen and oxygen atoms in total. The van der Waals surface area contributed by atoms with Crippen molar-refractivity contribution in [3.63, 3.8) is 0 Å². The third kappa shape index (κ3) is 2.84. The van der Waals surface area contributed by atoms with Crippen LogP contribution < -0.4 is 10.6 Å². The highest BCUT2D eigenvalue weighted by atomic mass is 35.5. The van der Waals surface area contributed by atoms with E-state index in [2.05, 4.69) is 16.9 Å². The van der Waals surface area contributed by atoms with Crippen LogP contribution in [0.5, 0.6) is 0 Å². The largest absolute Gasteiger partial charge is 0.394 e. The van der Waals surface area contributed by atoms with E-state index in [1.165, 1.54) is 5.56 Å². The first-order chi connectivity index (χ1) is 9.02. The van der Waals surface area contributed by atoms with E-state index in [9.17, 15) is 0 Å². The van der Waals surface area contributed by atoms with Crippen LogP contribution in [-0.2, 0) is 20.0 Å². The molecule has 0 amide bonds. The van der Waals surface area contributed by atoms with Crippen LogP contribution in [0.4, 0.5) is 11.5 Å². The molecule has 5 heteroatoms. The van der Waals surface area contributed by atoms with Crippen molar-refractivity contribution >= 4 is 23.1 Å². The van der Waals surface area contributed by atoms with Crippen LogP contribution in [0.15, 0.2) is 24.3 Å². The molecule has 0 aliphatic heterocycles. The summed E-state index contributed by atoms with van der Waals surface area (Å²) >= 11 is 5.89. The zero-order valence-corrected chi connectivity index (χ0v) is 12.3. The Bertz CT molecular complexity index is 560. The molecule has 0 unspecified atom stereocenters. The van der Waals surface area contributed by atoms with Crippen LogP contribution in [-0.4, -0.2) is 16.8 Å². The van der Waals surface area contributed by atoms with Gasteiger partial charge < -0.3 is 10.6 Å². The summed E-state index contributed by atoms with van der Waals surface area (Å²) in [7, 11) is 3.94. The Kier molecular flexibility index (Phi) is 4.00. The number of nitrogens with zero attached hydrogens (tertiary/aromatic N) is 3. The van der Waals surface area contributed by atoms with Gasteiger partial charge in [-0.25, -0.2) is 0 Å². The summed E-state index contributed by atoms with van der Waals surface area (Å²) in [6, 6.07) is 7.84. The lowest BCUT2D eigenvalue weighted by Gasteiger charge is -2.20. The van der Waals surface area contributed by atoms with Gasteiger partial charge in [0.1, 0.15) is 5.82 Å². The highest BCUT2D eigenvalue weighted by Crippen LogP contribution is 2.26. The second kappa shape index (κ2) is 5.53. The molecule has 0 aliphatic rings. The molecule has 0 saturated carbocycles. The van der Waals surface area contributed by atoms with Gasteiger partial charge in [-0.15, -0.1) is 0 Å². The maximum Gasteiger partial charge on any atom is 0.150 e. The predicted octanol–water partition coefficient (Wildman–Crippen LogP) is 2.85. The lowest BCUT2D eigenvalue weighted by molar-refractivity contribution is 0.720. The van der Waals surface area contributed by atoms with Gasteiger partial charge in [-0.3, -0.25) is 4.68 Å². The molecule has 102 valence electrons. The standard InChI is InChI=1S/C14H19ClN4/c1-4-12-13(16)14(19(3)17-12)18(2)9-10-5-7-11(15)8-6-10/h5-8H,4,9,16H2,1-3H3. The Balaban J connectivity index is 2.22. The molecule has 0 aliphatic carbocycles. The van der Waals surface area contributed by atoms with E-state index >= 15 is 0 Å². The van der Waals surface area contributed by atoms with E-state index in [0.717, 1.165) is 35.2 Å². The molecular formula is C14H19ClN4. The summed E-state index contributed by atoms with van der Waals surface area (Å²) in [4.78, 5) is 2.10. The zero-order valence-electron chi connectivity index (χ0n) is 11.5. The summed E-state index contributed by atoms with van der Waals surface area (Å²) < 4.78 is 1.84. The number of anilines is 2. The van der Waals surface area contributed by atoms with Crippen molar-refractivity contribution in [3.05, 3.63) is 40.5 Å². The number of aromatic nitrogens is 2. The SMILES string of the molecule is CCc1nn(C)c(N(C)Cc2ccc(Cl)cc2)c1N. The molecule has 0 radical (unpaired) electrons. The van der Waals surface area contributed by atoms with Gasteiger partial charge in [0.2, 0.25) is 0 Å². The second-order valence-electron chi connectivity index (χ2n) is 4.64. The van der Waals surface area contributed by atoms with Gasteiger partial charge in [0, 0.05) is 25.7 Å². The van der Waals surface area contributed by atoms with E-state index in [-0.39, 0.29) is 0 Å². The third-order valence-corrected chi connectivity index (χ3v) is 3.41. The van der Waals surface area contributed by atoms with E-state index < -0.39 is 0 Å². The third-order valence-electron chi connectivity index (χ3n) is 3.16. The lowest BCUT2D eigenvalue weighted by Crippen LogP contribution is -2.20. The van der Waals surface area contributed by atoms with Crippen molar-refractivity contribution < 1.29 is 0 Å². The summed E-state index contributed by atoms with van der Waals surface area (Å²) in [5.74, 6) is 0.951. The van der Waals surface area contributed by atoms with Crippen molar-refractivity contribution in [2.45, 2.75) is 19.9 Å². The normalized spacial score (nSPS) is 10.7. The summed E-state index contributed by atoms with van der Waals surface area (Å²) in [5.41, 5.74) is 9.04. The minimum Gasteiger partial charge on any atom is -0.394 e. The minimum atomic E-state index is 0.750. The number of nitrogen functional groups attached to an aromatic ring is 1. The predicted molar refractivity (Wildman–Crippen MR) is 80.6 cm³/mol. The average molecular weight is 279 g/mol. The molecular weight excluding hydrogens is 260 g/mol. The smallest absolute Gasteiger partial charge is 0.150 e. The summed E-state index contributed by atoms with van der Waals surface area (Å²) in [5, 5.41) is 5.18. The van der Waals surface area contributed by atoms with Crippen molar-refractivity contribution in [2.75, 3.05) is 17.7 Å². The van der Waals surface area contributed by atoms with E-state index in [1.54, 1.807) is 0 Å². The van der Waals surface area contributed by atoms with Gasteiger partial charge >= 0.3 is 0 Å². The van der Waals surface area contributed by atoms with Crippen molar-refractivity contribution in [1.29, 1.82) is 0 Å². The second-order valence-corrected chi connectivity index (χ2v) is 5.08. The Morgan fingerprint density at radius 2 is 1.95 bits per heavy atom. The molecule has 19 heavy (non-hydrogen) atoms. The minimum absolute atomic E-state index is 0.750. The van der Waals surface area contributed by atoms with E-state index in [0.29, 0.717) is 0 Å². The summed E-state index contributed by atoms with van der Waals surface area (Å²) in [6.07, 6.45) is 0.842. The van der Waals surface area contributed by atoms with Crippen molar-refractivity contribution in [2.24, 2.45) is 7.05 Å². The maximum atomic E-state index is 6.15. The van der Waals surface area contributed by atoms with Crippen LogP contribution in [0, 0.1) is 0 Å². The van der Waals surface area contributed by atoms with E-state index in [4.69, 9.17) is 17.3 Å². The topological polar surface area (TPSA) is 47.1 Å². The molecule has 0 spiro atoms. The Hall–Kier alpha value is -1.68. The fourth-order valence-corrected chi connectivity index (χ4v) is 2.36. The first-order valence-electron chi connectivity index (χ1n) is 6.29. The Morgan fingerprint density at radius 1 is 1.32 bits per heavy atom. The molecule has 0 atom stereocenters. The first kappa shape index (κ1) is 13.7. The van der Waals surface area contributed by atoms with Crippen LogP contribution in [0.2, 0.25) is 5.02 Å². The van der Waals surface area contributed by atoms with Crippen LogP contribution in [0.1, 0.15) is 18.2 Å². The number of nitrogens with two attached hydrogens (primary N) is 1. The monoisotopic (exact) mass is 278 g/mol. The number of hydrogen-bond acceptors (Lipinski definition) is 3. The molecule has 0 fully saturated rings. The average Bonchev–Trinajstić information content (AvgIpc) is 2.67. The van der Waals surface area contributed by atoms with Crippen molar-refractivity contribution in [3.8, 4) is 0 Å². The summed E-state index contributed by atoms with van der Waals surface area (Å²) in [6.45, 7) is 2.83. The molecule has 1 aromatic heterocycles. The van der Waals surface area contributed by atoms with Gasteiger partial charge in [-0.2, -0.15) is 5.10 Å².